The van der Waals surface area contributed by atoms with Gasteiger partial charge < -0.3 is 10.2 Å². The molecule has 0 unspecified atom stereocenters. The van der Waals surface area contributed by atoms with Crippen molar-refractivity contribution in [2.45, 2.75) is 13.0 Å². The summed E-state index contributed by atoms with van der Waals surface area (Å²) in [7, 11) is 0. The Kier molecular flexibility index (Phi) is 7.18. The number of carbonyl (C=O) groups is 2. The smallest absolute Gasteiger partial charge is 0.258 e. The SMILES string of the molecule is O=C(Cc1cccc(N(Cc2ccccc2)C(=O)c2ccc(Cl)cc2)c1)Nc1ccccc1. The number of hydrogen-bond donors (Lipinski definition) is 1. The van der Waals surface area contributed by atoms with Crippen molar-refractivity contribution in [3.8, 4) is 0 Å². The van der Waals surface area contributed by atoms with Crippen LogP contribution in [0.5, 0.6) is 0 Å². The number of hydrogen-bond acceptors (Lipinski definition) is 2. The van der Waals surface area contributed by atoms with Gasteiger partial charge >= 0.3 is 0 Å². The zero-order valence-electron chi connectivity index (χ0n) is 17.9. The molecule has 2 amide bonds. The molecule has 0 fully saturated rings. The first kappa shape index (κ1) is 22.3. The van der Waals surface area contributed by atoms with E-state index in [4.69, 9.17) is 11.6 Å². The minimum Gasteiger partial charge on any atom is -0.326 e. The van der Waals surface area contributed by atoms with Crippen molar-refractivity contribution in [1.29, 1.82) is 0 Å². The van der Waals surface area contributed by atoms with Gasteiger partial charge in [0.15, 0.2) is 0 Å². The van der Waals surface area contributed by atoms with E-state index in [0.717, 1.165) is 22.5 Å². The van der Waals surface area contributed by atoms with E-state index in [2.05, 4.69) is 5.32 Å². The number of anilines is 2. The Morgan fingerprint density at radius 2 is 1.36 bits per heavy atom. The molecule has 4 aromatic carbocycles. The van der Waals surface area contributed by atoms with Crippen molar-refractivity contribution < 1.29 is 9.59 Å². The van der Waals surface area contributed by atoms with Crippen LogP contribution in [0.25, 0.3) is 0 Å². The van der Waals surface area contributed by atoms with Crippen LogP contribution in [0.1, 0.15) is 21.5 Å². The number of benzene rings is 4. The maximum Gasteiger partial charge on any atom is 0.258 e. The minimum atomic E-state index is -0.138. The summed E-state index contributed by atoms with van der Waals surface area (Å²) in [5.41, 5.74) is 3.85. The van der Waals surface area contributed by atoms with Gasteiger partial charge in [0, 0.05) is 22.0 Å². The molecule has 0 radical (unpaired) electrons. The summed E-state index contributed by atoms with van der Waals surface area (Å²) in [6.45, 7) is 0.405. The third kappa shape index (κ3) is 6.09. The fourth-order valence-electron chi connectivity index (χ4n) is 3.54. The molecule has 0 aliphatic carbocycles. The monoisotopic (exact) mass is 454 g/mol. The largest absolute Gasteiger partial charge is 0.326 e. The normalized spacial score (nSPS) is 10.5. The van der Waals surface area contributed by atoms with Gasteiger partial charge in [-0.25, -0.2) is 0 Å². The molecule has 4 rings (SSSR count). The Bertz CT molecular complexity index is 1230. The molecular weight excluding hydrogens is 432 g/mol. The Morgan fingerprint density at radius 3 is 2.06 bits per heavy atom. The maximum atomic E-state index is 13.4. The summed E-state index contributed by atoms with van der Waals surface area (Å²) in [6.07, 6.45) is 0.205. The summed E-state index contributed by atoms with van der Waals surface area (Å²) in [5, 5.41) is 3.48. The van der Waals surface area contributed by atoms with E-state index in [0.29, 0.717) is 17.1 Å². The number of halogens is 1. The summed E-state index contributed by atoms with van der Waals surface area (Å²) < 4.78 is 0. The van der Waals surface area contributed by atoms with Crippen LogP contribution >= 0.6 is 11.6 Å². The van der Waals surface area contributed by atoms with Crippen LogP contribution in [0.2, 0.25) is 5.02 Å². The molecule has 0 aromatic heterocycles. The van der Waals surface area contributed by atoms with E-state index in [-0.39, 0.29) is 18.2 Å². The quantitative estimate of drug-likeness (QED) is 0.353. The Balaban J connectivity index is 1.59. The van der Waals surface area contributed by atoms with Gasteiger partial charge in [0.1, 0.15) is 0 Å². The van der Waals surface area contributed by atoms with Crippen molar-refractivity contribution in [3.05, 3.63) is 131 Å². The van der Waals surface area contributed by atoms with Gasteiger partial charge in [0.2, 0.25) is 5.91 Å². The van der Waals surface area contributed by atoms with Gasteiger partial charge in [0.25, 0.3) is 5.91 Å². The van der Waals surface area contributed by atoms with Crippen LogP contribution < -0.4 is 10.2 Å². The molecule has 0 bridgehead atoms. The van der Waals surface area contributed by atoms with E-state index < -0.39 is 0 Å². The molecule has 0 aliphatic heterocycles. The van der Waals surface area contributed by atoms with E-state index in [9.17, 15) is 9.59 Å². The lowest BCUT2D eigenvalue weighted by Gasteiger charge is -2.24. The van der Waals surface area contributed by atoms with Gasteiger partial charge in [-0.3, -0.25) is 9.59 Å². The van der Waals surface area contributed by atoms with E-state index in [1.165, 1.54) is 0 Å². The zero-order chi connectivity index (χ0) is 23.0. The van der Waals surface area contributed by atoms with E-state index in [1.807, 2.05) is 84.9 Å². The van der Waals surface area contributed by atoms with Crippen LogP contribution in [0.3, 0.4) is 0 Å². The predicted octanol–water partition coefficient (Wildman–Crippen LogP) is 6.37. The highest BCUT2D eigenvalue weighted by molar-refractivity contribution is 6.30. The lowest BCUT2D eigenvalue weighted by molar-refractivity contribution is -0.115. The zero-order valence-corrected chi connectivity index (χ0v) is 18.7. The Hall–Kier alpha value is -3.89. The lowest BCUT2D eigenvalue weighted by atomic mass is 10.1. The second kappa shape index (κ2) is 10.6. The molecule has 164 valence electrons. The van der Waals surface area contributed by atoms with Crippen molar-refractivity contribution in [3.63, 3.8) is 0 Å². The van der Waals surface area contributed by atoms with Gasteiger partial charge in [-0.1, -0.05) is 72.3 Å². The summed E-state index contributed by atoms with van der Waals surface area (Å²) >= 11 is 6.01. The second-order valence-electron chi connectivity index (χ2n) is 7.64. The van der Waals surface area contributed by atoms with Gasteiger partial charge in [0.05, 0.1) is 13.0 Å². The highest BCUT2D eigenvalue weighted by Crippen LogP contribution is 2.23. The van der Waals surface area contributed by atoms with Crippen molar-refractivity contribution in [2.24, 2.45) is 0 Å². The fraction of sp³-hybridized carbons (Fsp3) is 0.0714. The molecule has 4 aromatic rings. The van der Waals surface area contributed by atoms with Crippen molar-refractivity contribution in [2.75, 3.05) is 10.2 Å². The average molecular weight is 455 g/mol. The molecule has 0 aliphatic rings. The number of amides is 2. The first-order chi connectivity index (χ1) is 16.1. The fourth-order valence-corrected chi connectivity index (χ4v) is 3.67. The molecule has 0 saturated heterocycles. The van der Waals surface area contributed by atoms with Crippen LogP contribution in [-0.4, -0.2) is 11.8 Å². The van der Waals surface area contributed by atoms with Crippen LogP contribution in [0, 0.1) is 0 Å². The molecule has 5 heteroatoms. The summed E-state index contributed by atoms with van der Waals surface area (Å²) in [5.74, 6) is -0.251. The van der Waals surface area contributed by atoms with Crippen molar-refractivity contribution >= 4 is 34.8 Å². The van der Waals surface area contributed by atoms with Crippen LogP contribution in [-0.2, 0) is 17.8 Å². The van der Waals surface area contributed by atoms with Crippen LogP contribution in [0.4, 0.5) is 11.4 Å². The summed E-state index contributed by atoms with van der Waals surface area (Å²) in [4.78, 5) is 27.7. The summed E-state index contributed by atoms with van der Waals surface area (Å²) in [6, 6.07) is 33.6. The molecule has 0 saturated carbocycles. The molecular formula is C28H23ClN2O2. The first-order valence-electron chi connectivity index (χ1n) is 10.6. The molecule has 33 heavy (non-hydrogen) atoms. The van der Waals surface area contributed by atoms with Crippen molar-refractivity contribution in [1.82, 2.24) is 0 Å². The van der Waals surface area contributed by atoms with E-state index in [1.54, 1.807) is 29.2 Å². The molecule has 0 atom stereocenters. The number of nitrogens with zero attached hydrogens (tertiary/aromatic N) is 1. The third-order valence-corrected chi connectivity index (χ3v) is 5.42. The third-order valence-electron chi connectivity index (χ3n) is 5.16. The number of rotatable bonds is 7. The minimum absolute atomic E-state index is 0.114. The molecule has 1 N–H and O–H groups in total. The van der Waals surface area contributed by atoms with Gasteiger partial charge in [-0.05, 0) is 59.7 Å². The van der Waals surface area contributed by atoms with E-state index >= 15 is 0 Å². The highest BCUT2D eigenvalue weighted by atomic mass is 35.5. The van der Waals surface area contributed by atoms with Gasteiger partial charge in [-0.15, -0.1) is 0 Å². The molecule has 4 nitrogen and oxygen atoms in total. The second-order valence-corrected chi connectivity index (χ2v) is 8.08. The predicted molar refractivity (Wildman–Crippen MR) is 134 cm³/mol. The number of carbonyl (C=O) groups excluding carboxylic acids is 2. The average Bonchev–Trinajstić information content (AvgIpc) is 2.84. The Labute approximate surface area is 198 Å². The van der Waals surface area contributed by atoms with Crippen LogP contribution in [0.15, 0.2) is 109 Å². The standard InChI is InChI=1S/C28H23ClN2O2/c29-24-16-14-23(15-17-24)28(33)31(20-21-8-3-1-4-9-21)26-13-7-10-22(18-26)19-27(32)30-25-11-5-2-6-12-25/h1-18H,19-20H2,(H,30,32). The topological polar surface area (TPSA) is 49.4 Å². The Morgan fingerprint density at radius 1 is 0.727 bits per heavy atom. The first-order valence-corrected chi connectivity index (χ1v) is 11.0. The number of para-hydroxylation sites is 1. The molecule has 0 heterocycles. The lowest BCUT2D eigenvalue weighted by Crippen LogP contribution is -2.30. The highest BCUT2D eigenvalue weighted by Gasteiger charge is 2.19. The van der Waals surface area contributed by atoms with Gasteiger partial charge in [-0.2, -0.15) is 0 Å². The maximum absolute atomic E-state index is 13.4. The molecule has 0 spiro atoms. The number of nitrogens with one attached hydrogen (secondary N) is 1.